The van der Waals surface area contributed by atoms with E-state index in [9.17, 15) is 9.90 Å². The third kappa shape index (κ3) is 2.30. The van der Waals surface area contributed by atoms with Crippen molar-refractivity contribution < 1.29 is 14.6 Å². The van der Waals surface area contributed by atoms with Crippen LogP contribution in [0.2, 0.25) is 0 Å². The van der Waals surface area contributed by atoms with E-state index in [0.29, 0.717) is 18.8 Å². The highest BCUT2D eigenvalue weighted by atomic mass is 16.5. The predicted octanol–water partition coefficient (Wildman–Crippen LogP) is 0.221. The molecule has 0 aliphatic carbocycles. The Morgan fingerprint density at radius 1 is 1.62 bits per heavy atom. The molecule has 72 valence electrons. The van der Waals surface area contributed by atoms with Crippen LogP contribution in [0.4, 0.5) is 0 Å². The van der Waals surface area contributed by atoms with Crippen LogP contribution in [-0.2, 0) is 9.53 Å². The highest BCUT2D eigenvalue weighted by Gasteiger charge is 2.36. The smallest absolute Gasteiger partial charge is 0.192 e. The maximum absolute atomic E-state index is 10.0. The summed E-state index contributed by atoms with van der Waals surface area (Å²) >= 11 is 0. The maximum Gasteiger partial charge on any atom is 0.192 e. The highest BCUT2D eigenvalue weighted by molar-refractivity contribution is 5.72. The van der Waals surface area contributed by atoms with Crippen molar-refractivity contribution in [3.63, 3.8) is 0 Å². The molecule has 3 atom stereocenters. The lowest BCUT2D eigenvalue weighted by molar-refractivity contribution is -0.103. The second-order valence-corrected chi connectivity index (χ2v) is 3.55. The molecule has 1 N–H and O–H groups in total. The van der Waals surface area contributed by atoms with Crippen molar-refractivity contribution in [1.29, 1.82) is 0 Å². The summed E-state index contributed by atoms with van der Waals surface area (Å²) in [6, 6.07) is 0. The lowest BCUT2D eigenvalue weighted by atomic mass is 9.88. The molecule has 0 aromatic carbocycles. The monoisotopic (exact) mass is 182 g/mol. The molecule has 1 heterocycles. The fourth-order valence-electron chi connectivity index (χ4n) is 1.67. The largest absolute Gasteiger partial charge is 0.390 e. The van der Waals surface area contributed by atoms with Crippen molar-refractivity contribution in [2.24, 2.45) is 11.8 Å². The summed E-state index contributed by atoms with van der Waals surface area (Å²) in [4.78, 5) is 10.0. The van der Waals surface area contributed by atoms with Crippen LogP contribution in [0.25, 0.3) is 0 Å². The zero-order valence-electron chi connectivity index (χ0n) is 7.86. The van der Waals surface area contributed by atoms with Crippen LogP contribution < -0.4 is 0 Å². The first-order valence-electron chi connectivity index (χ1n) is 4.41. The van der Waals surface area contributed by atoms with Crippen LogP contribution in [0.15, 0.2) is 0 Å². The number of carbonyl (C=O) groups excluding carboxylic acids is 1. The van der Waals surface area contributed by atoms with Crippen LogP contribution in [0.5, 0.6) is 0 Å². The number of hydrogen-bond donors (Lipinski definition) is 1. The molecule has 1 aliphatic rings. The third-order valence-electron chi connectivity index (χ3n) is 2.29. The number of hydrogen-bond acceptors (Lipinski definition) is 3. The number of rotatable bonds is 1. The van der Waals surface area contributed by atoms with Gasteiger partial charge in [-0.05, 0) is 11.8 Å². The lowest BCUT2D eigenvalue weighted by Crippen LogP contribution is -2.28. The van der Waals surface area contributed by atoms with Gasteiger partial charge in [0, 0.05) is 5.92 Å². The Balaban J connectivity index is 2.69. The summed E-state index contributed by atoms with van der Waals surface area (Å²) in [6.45, 7) is 4.34. The van der Waals surface area contributed by atoms with E-state index in [1.54, 1.807) is 0 Å². The van der Waals surface area contributed by atoms with Crippen molar-refractivity contribution in [2.45, 2.75) is 26.1 Å². The molecule has 3 heteroatoms. The van der Waals surface area contributed by atoms with E-state index in [-0.39, 0.29) is 12.0 Å². The summed E-state index contributed by atoms with van der Waals surface area (Å²) in [5.41, 5.74) is 0. The van der Waals surface area contributed by atoms with E-state index < -0.39 is 6.10 Å². The first-order valence-corrected chi connectivity index (χ1v) is 4.41. The molecule has 0 aromatic rings. The van der Waals surface area contributed by atoms with E-state index in [2.05, 4.69) is 11.8 Å². The highest BCUT2D eigenvalue weighted by Crippen LogP contribution is 2.27. The Hall–Kier alpha value is -0.850. The van der Waals surface area contributed by atoms with Crippen LogP contribution in [-0.4, -0.2) is 30.2 Å². The summed E-state index contributed by atoms with van der Waals surface area (Å²) in [5.74, 6) is 5.35. The lowest BCUT2D eigenvalue weighted by Gasteiger charge is -2.19. The van der Waals surface area contributed by atoms with Crippen LogP contribution in [0.3, 0.4) is 0 Å². The molecule has 0 amide bonds. The molecule has 1 saturated heterocycles. The van der Waals surface area contributed by atoms with Crippen molar-refractivity contribution >= 4 is 6.29 Å². The zero-order chi connectivity index (χ0) is 9.84. The molecule has 0 aromatic heterocycles. The second-order valence-electron chi connectivity index (χ2n) is 3.55. The number of ether oxygens (including phenoxy) is 1. The van der Waals surface area contributed by atoms with Gasteiger partial charge in [-0.2, -0.15) is 0 Å². The summed E-state index contributed by atoms with van der Waals surface area (Å²) in [7, 11) is 0. The Kier molecular flexibility index (Phi) is 3.47. The SMILES string of the molecule is CC(C)C1[C@H](O)CO[C@@H]1C#CC=O. The van der Waals surface area contributed by atoms with E-state index in [1.165, 1.54) is 0 Å². The number of aliphatic hydroxyl groups is 1. The second kappa shape index (κ2) is 4.40. The Labute approximate surface area is 78.1 Å². The molecular formula is C10H14O3. The molecule has 1 rings (SSSR count). The molecule has 1 unspecified atom stereocenters. The van der Waals surface area contributed by atoms with E-state index in [0.717, 1.165) is 0 Å². The van der Waals surface area contributed by atoms with Gasteiger partial charge in [0.25, 0.3) is 0 Å². The Morgan fingerprint density at radius 3 is 2.85 bits per heavy atom. The van der Waals surface area contributed by atoms with Gasteiger partial charge in [0.05, 0.1) is 12.7 Å². The van der Waals surface area contributed by atoms with Crippen molar-refractivity contribution in [1.82, 2.24) is 0 Å². The predicted molar refractivity (Wildman–Crippen MR) is 47.9 cm³/mol. The van der Waals surface area contributed by atoms with Gasteiger partial charge in [0.2, 0.25) is 0 Å². The number of carbonyl (C=O) groups is 1. The van der Waals surface area contributed by atoms with Crippen LogP contribution in [0.1, 0.15) is 13.8 Å². The van der Waals surface area contributed by atoms with Gasteiger partial charge in [-0.3, -0.25) is 4.79 Å². The van der Waals surface area contributed by atoms with E-state index in [1.807, 2.05) is 13.8 Å². The topological polar surface area (TPSA) is 46.5 Å². The Bertz CT molecular complexity index is 236. The first kappa shape index (κ1) is 10.2. The fourth-order valence-corrected chi connectivity index (χ4v) is 1.67. The zero-order valence-corrected chi connectivity index (χ0v) is 7.86. The fraction of sp³-hybridized carbons (Fsp3) is 0.700. The van der Waals surface area contributed by atoms with Crippen LogP contribution >= 0.6 is 0 Å². The molecule has 1 fully saturated rings. The number of aldehydes is 1. The Morgan fingerprint density at radius 2 is 2.31 bits per heavy atom. The minimum atomic E-state index is -0.453. The molecule has 0 spiro atoms. The molecule has 13 heavy (non-hydrogen) atoms. The van der Waals surface area contributed by atoms with Gasteiger partial charge in [-0.15, -0.1) is 0 Å². The van der Waals surface area contributed by atoms with Gasteiger partial charge in [-0.1, -0.05) is 19.8 Å². The van der Waals surface area contributed by atoms with Gasteiger partial charge in [-0.25, -0.2) is 0 Å². The van der Waals surface area contributed by atoms with Gasteiger partial charge in [0.15, 0.2) is 6.29 Å². The average Bonchev–Trinajstić information content (AvgIpc) is 2.43. The first-order chi connectivity index (χ1) is 6.16. The normalized spacial score (nSPS) is 32.8. The summed E-state index contributed by atoms with van der Waals surface area (Å²) in [6.07, 6.45) is -0.197. The van der Waals surface area contributed by atoms with E-state index >= 15 is 0 Å². The van der Waals surface area contributed by atoms with Gasteiger partial charge < -0.3 is 9.84 Å². The quantitative estimate of drug-likeness (QED) is 0.466. The number of aliphatic hydroxyl groups excluding tert-OH is 1. The standard InChI is InChI=1S/C10H14O3/c1-7(2)10-8(12)6-13-9(10)4-3-5-11/h5,7-10,12H,6H2,1-2H3/t8-,9-,10?/m1/s1. The van der Waals surface area contributed by atoms with Gasteiger partial charge in [0.1, 0.15) is 6.10 Å². The molecule has 3 nitrogen and oxygen atoms in total. The van der Waals surface area contributed by atoms with Crippen molar-refractivity contribution in [2.75, 3.05) is 6.61 Å². The summed E-state index contributed by atoms with van der Waals surface area (Å²) in [5, 5.41) is 9.55. The third-order valence-corrected chi connectivity index (χ3v) is 2.29. The molecule has 1 aliphatic heterocycles. The van der Waals surface area contributed by atoms with Crippen molar-refractivity contribution in [3.8, 4) is 11.8 Å². The van der Waals surface area contributed by atoms with E-state index in [4.69, 9.17) is 4.74 Å². The average molecular weight is 182 g/mol. The molecule has 0 radical (unpaired) electrons. The van der Waals surface area contributed by atoms with Crippen molar-refractivity contribution in [3.05, 3.63) is 0 Å². The van der Waals surface area contributed by atoms with Crippen LogP contribution in [0, 0.1) is 23.7 Å². The minimum Gasteiger partial charge on any atom is -0.390 e. The molecule has 0 bridgehead atoms. The van der Waals surface area contributed by atoms with Gasteiger partial charge >= 0.3 is 0 Å². The molecular weight excluding hydrogens is 168 g/mol. The minimum absolute atomic E-state index is 0.0208. The maximum atomic E-state index is 10.0. The summed E-state index contributed by atoms with van der Waals surface area (Å²) < 4.78 is 5.26. The molecule has 0 saturated carbocycles.